The van der Waals surface area contributed by atoms with Crippen molar-refractivity contribution in [2.24, 2.45) is 5.92 Å². The molecule has 6 nitrogen and oxygen atoms in total. The van der Waals surface area contributed by atoms with E-state index in [9.17, 15) is 14.7 Å². The monoisotopic (exact) mass is 360 g/mol. The first kappa shape index (κ1) is 17.4. The summed E-state index contributed by atoms with van der Waals surface area (Å²) in [5.74, 6) is -1.14. The topological polar surface area (TPSA) is 79.7 Å². The van der Waals surface area contributed by atoms with E-state index in [1.165, 1.54) is 11.3 Å². The lowest BCUT2D eigenvalue weighted by atomic mass is 9.89. The van der Waals surface area contributed by atoms with E-state index in [1.807, 2.05) is 36.6 Å². The summed E-state index contributed by atoms with van der Waals surface area (Å²) < 4.78 is 5.23. The van der Waals surface area contributed by atoms with E-state index in [4.69, 9.17) is 4.74 Å². The van der Waals surface area contributed by atoms with Gasteiger partial charge in [-0.3, -0.25) is 9.59 Å². The third-order valence-electron chi connectivity index (χ3n) is 4.51. The molecule has 1 saturated heterocycles. The van der Waals surface area contributed by atoms with Gasteiger partial charge in [0.05, 0.1) is 30.2 Å². The molecule has 3 rings (SSSR count). The van der Waals surface area contributed by atoms with Crippen LogP contribution in [0.3, 0.4) is 0 Å². The van der Waals surface area contributed by atoms with Gasteiger partial charge >= 0.3 is 5.97 Å². The molecule has 2 atom stereocenters. The summed E-state index contributed by atoms with van der Waals surface area (Å²) in [4.78, 5) is 30.2. The van der Waals surface area contributed by atoms with Crippen molar-refractivity contribution in [1.82, 2.24) is 9.88 Å². The average molecular weight is 360 g/mol. The zero-order chi connectivity index (χ0) is 18.0. The van der Waals surface area contributed by atoms with Gasteiger partial charge in [0, 0.05) is 24.4 Å². The van der Waals surface area contributed by atoms with E-state index >= 15 is 0 Å². The highest BCUT2D eigenvalue weighted by Gasteiger charge is 2.40. The second-order valence-electron chi connectivity index (χ2n) is 6.16. The van der Waals surface area contributed by atoms with Crippen LogP contribution < -0.4 is 4.74 Å². The lowest BCUT2D eigenvalue weighted by Crippen LogP contribution is -2.31. The van der Waals surface area contributed by atoms with Crippen LogP contribution >= 0.6 is 11.3 Å². The standard InChI is InChI=1S/C18H20N2O4S/c1-11-19-13(10-25-11)7-17(21)20-8-15(16(9-20)18(22)23)12-4-3-5-14(6-12)24-2/h3-6,10,15-16H,7-9H2,1-2H3,(H,22,23)/t15-,16+/m1/s1. The number of carboxylic acid groups (broad SMARTS) is 1. The molecule has 1 amide bonds. The maximum atomic E-state index is 12.6. The molecule has 0 aliphatic carbocycles. The van der Waals surface area contributed by atoms with Crippen LogP contribution in [-0.2, 0) is 16.0 Å². The Balaban J connectivity index is 1.77. The predicted octanol–water partition coefficient (Wildman–Crippen LogP) is 2.33. The SMILES string of the molecule is COc1cccc([C@H]2CN(C(=O)Cc3csc(C)n3)C[C@@H]2C(=O)O)c1. The van der Waals surface area contributed by atoms with Crippen LogP contribution in [0.5, 0.6) is 5.75 Å². The molecule has 1 aliphatic heterocycles. The van der Waals surface area contributed by atoms with Crippen molar-refractivity contribution in [3.05, 3.63) is 45.9 Å². The lowest BCUT2D eigenvalue weighted by molar-refractivity contribution is -0.141. The number of aliphatic carboxylic acids is 1. The number of carboxylic acids is 1. The van der Waals surface area contributed by atoms with E-state index in [2.05, 4.69) is 4.98 Å². The largest absolute Gasteiger partial charge is 0.497 e. The molecule has 0 saturated carbocycles. The zero-order valence-electron chi connectivity index (χ0n) is 14.1. The highest BCUT2D eigenvalue weighted by molar-refractivity contribution is 7.09. The van der Waals surface area contributed by atoms with Crippen molar-refractivity contribution in [2.45, 2.75) is 19.3 Å². The summed E-state index contributed by atoms with van der Waals surface area (Å²) >= 11 is 1.51. The van der Waals surface area contributed by atoms with Gasteiger partial charge in [-0.2, -0.15) is 0 Å². The van der Waals surface area contributed by atoms with Gasteiger partial charge < -0.3 is 14.7 Å². The van der Waals surface area contributed by atoms with Gasteiger partial charge in [0.1, 0.15) is 5.75 Å². The first-order valence-electron chi connectivity index (χ1n) is 8.03. The Morgan fingerprint density at radius 2 is 2.20 bits per heavy atom. The third-order valence-corrected chi connectivity index (χ3v) is 5.33. The van der Waals surface area contributed by atoms with Crippen molar-refractivity contribution in [3.8, 4) is 5.75 Å². The van der Waals surface area contributed by atoms with Crippen LogP contribution in [0.1, 0.15) is 22.2 Å². The molecule has 0 bridgehead atoms. The van der Waals surface area contributed by atoms with E-state index in [-0.39, 0.29) is 24.8 Å². The van der Waals surface area contributed by atoms with E-state index in [0.717, 1.165) is 16.3 Å². The fourth-order valence-corrected chi connectivity index (χ4v) is 3.84. The van der Waals surface area contributed by atoms with E-state index in [0.29, 0.717) is 12.3 Å². The quantitative estimate of drug-likeness (QED) is 0.885. The summed E-state index contributed by atoms with van der Waals surface area (Å²) in [5, 5.41) is 12.4. The van der Waals surface area contributed by atoms with Crippen molar-refractivity contribution in [1.29, 1.82) is 0 Å². The average Bonchev–Trinajstić information content (AvgIpc) is 3.21. The van der Waals surface area contributed by atoms with E-state index in [1.54, 1.807) is 12.0 Å². The molecule has 1 aromatic heterocycles. The van der Waals surface area contributed by atoms with Gasteiger partial charge in [0.2, 0.25) is 5.91 Å². The summed E-state index contributed by atoms with van der Waals surface area (Å²) in [7, 11) is 1.58. The number of hydrogen-bond acceptors (Lipinski definition) is 5. The maximum absolute atomic E-state index is 12.6. The normalized spacial score (nSPS) is 19.8. The molecule has 0 spiro atoms. The predicted molar refractivity (Wildman–Crippen MR) is 94.0 cm³/mol. The summed E-state index contributed by atoms with van der Waals surface area (Å²) in [6.45, 7) is 2.51. The number of nitrogens with zero attached hydrogens (tertiary/aromatic N) is 2. The number of methoxy groups -OCH3 is 1. The third kappa shape index (κ3) is 3.82. The number of rotatable bonds is 5. The smallest absolute Gasteiger partial charge is 0.308 e. The van der Waals surface area contributed by atoms with Gasteiger partial charge in [-0.05, 0) is 24.6 Å². The fourth-order valence-electron chi connectivity index (χ4n) is 3.22. The lowest BCUT2D eigenvalue weighted by Gasteiger charge is -2.16. The number of benzene rings is 1. The number of ether oxygens (including phenoxy) is 1. The number of aryl methyl sites for hydroxylation is 1. The molecule has 1 aliphatic rings. The first-order valence-corrected chi connectivity index (χ1v) is 8.91. The van der Waals surface area contributed by atoms with Crippen LogP contribution in [0.2, 0.25) is 0 Å². The molecule has 25 heavy (non-hydrogen) atoms. The van der Waals surface area contributed by atoms with Crippen molar-refractivity contribution in [3.63, 3.8) is 0 Å². The Kier molecular flexibility index (Phi) is 5.03. The molecule has 1 aromatic carbocycles. The molecule has 1 N–H and O–H groups in total. The minimum Gasteiger partial charge on any atom is -0.497 e. The number of hydrogen-bond donors (Lipinski definition) is 1. The Morgan fingerprint density at radius 1 is 1.40 bits per heavy atom. The molecule has 2 aromatic rings. The van der Waals surface area contributed by atoms with Crippen LogP contribution in [0, 0.1) is 12.8 Å². The molecular weight excluding hydrogens is 340 g/mol. The van der Waals surface area contributed by atoms with Gasteiger partial charge in [-0.1, -0.05) is 12.1 Å². The molecule has 1 fully saturated rings. The van der Waals surface area contributed by atoms with Crippen molar-refractivity contribution >= 4 is 23.2 Å². The number of amides is 1. The van der Waals surface area contributed by atoms with Gasteiger partial charge in [-0.25, -0.2) is 4.98 Å². The Morgan fingerprint density at radius 3 is 2.84 bits per heavy atom. The second-order valence-corrected chi connectivity index (χ2v) is 7.22. The number of aromatic nitrogens is 1. The Labute approximate surface area is 150 Å². The van der Waals surface area contributed by atoms with E-state index < -0.39 is 11.9 Å². The highest BCUT2D eigenvalue weighted by Crippen LogP contribution is 2.34. The molecule has 7 heteroatoms. The van der Waals surface area contributed by atoms with Gasteiger partial charge in [0.15, 0.2) is 0 Å². The molecular formula is C18H20N2O4S. The van der Waals surface area contributed by atoms with Crippen LogP contribution in [0.15, 0.2) is 29.6 Å². The van der Waals surface area contributed by atoms with Crippen LogP contribution in [0.4, 0.5) is 0 Å². The fraction of sp³-hybridized carbons (Fsp3) is 0.389. The van der Waals surface area contributed by atoms with Crippen molar-refractivity contribution in [2.75, 3.05) is 20.2 Å². The molecule has 132 valence electrons. The molecule has 0 radical (unpaired) electrons. The van der Waals surface area contributed by atoms with Gasteiger partial charge in [-0.15, -0.1) is 11.3 Å². The number of carbonyl (C=O) groups excluding carboxylic acids is 1. The second kappa shape index (κ2) is 7.23. The number of thiazole rings is 1. The summed E-state index contributed by atoms with van der Waals surface area (Å²) in [6, 6.07) is 7.40. The minimum absolute atomic E-state index is 0.0815. The molecule has 2 heterocycles. The number of likely N-dealkylation sites (tertiary alicyclic amines) is 1. The highest BCUT2D eigenvalue weighted by atomic mass is 32.1. The zero-order valence-corrected chi connectivity index (χ0v) is 15.0. The maximum Gasteiger partial charge on any atom is 0.308 e. The van der Waals surface area contributed by atoms with Crippen LogP contribution in [0.25, 0.3) is 0 Å². The summed E-state index contributed by atoms with van der Waals surface area (Å²) in [5.41, 5.74) is 1.62. The first-order chi connectivity index (χ1) is 12.0. The van der Waals surface area contributed by atoms with Crippen molar-refractivity contribution < 1.29 is 19.4 Å². The summed E-state index contributed by atoms with van der Waals surface area (Å²) in [6.07, 6.45) is 0.210. The molecule has 0 unspecified atom stereocenters. The number of carbonyl (C=O) groups is 2. The van der Waals surface area contributed by atoms with Crippen LogP contribution in [-0.4, -0.2) is 47.1 Å². The minimum atomic E-state index is -0.882. The Bertz CT molecular complexity index is 789. The Hall–Kier alpha value is -2.41. The van der Waals surface area contributed by atoms with Gasteiger partial charge in [0.25, 0.3) is 0 Å².